The first kappa shape index (κ1) is 40.0. The second-order valence-corrected chi connectivity index (χ2v) is 14.4. The van der Waals surface area contributed by atoms with Crippen molar-refractivity contribution in [1.82, 2.24) is 5.32 Å². The molecule has 56 heavy (non-hydrogen) atoms. The number of fused-ring (bicyclic) bond motifs is 1. The molecule has 5 aromatic rings. The lowest BCUT2D eigenvalue weighted by Gasteiger charge is -2.46. The van der Waals surface area contributed by atoms with Gasteiger partial charge in [-0.3, -0.25) is 19.2 Å². The zero-order valence-corrected chi connectivity index (χ0v) is 32.1. The predicted molar refractivity (Wildman–Crippen MR) is 209 cm³/mol. The molecule has 1 fully saturated rings. The smallest absolute Gasteiger partial charge is 0.338 e. The highest BCUT2D eigenvalue weighted by atomic mass is 35.5. The van der Waals surface area contributed by atoms with E-state index in [1.165, 1.54) is 0 Å². The van der Waals surface area contributed by atoms with Crippen molar-refractivity contribution in [2.24, 2.45) is 23.7 Å². The van der Waals surface area contributed by atoms with Gasteiger partial charge in [0.25, 0.3) is 0 Å². The Balaban J connectivity index is 1.27. The lowest BCUT2D eigenvalue weighted by atomic mass is 9.56. The maximum atomic E-state index is 14.4. The van der Waals surface area contributed by atoms with Gasteiger partial charge in [-0.1, -0.05) is 120 Å². The average Bonchev–Trinajstić information content (AvgIpc) is 3.20. The topological polar surface area (TPSA) is 134 Å². The molecule has 0 radical (unpaired) electrons. The molecule has 0 bridgehead atoms. The fraction of sp³-hybridized carbons (Fsp3) is 0.250. The summed E-state index contributed by atoms with van der Waals surface area (Å²) >= 11 is 12.5. The number of esters is 4. The highest BCUT2D eigenvalue weighted by molar-refractivity contribution is 6.42. The lowest BCUT2D eigenvalue weighted by molar-refractivity contribution is -0.194. The van der Waals surface area contributed by atoms with E-state index in [9.17, 15) is 24.0 Å². The first-order valence-electron chi connectivity index (χ1n) is 18.0. The van der Waals surface area contributed by atoms with E-state index in [0.717, 1.165) is 17.9 Å². The van der Waals surface area contributed by atoms with Crippen LogP contribution in [-0.4, -0.2) is 49.0 Å². The third kappa shape index (κ3) is 9.38. The fourth-order valence-electron chi connectivity index (χ4n) is 6.89. The molecule has 1 aliphatic rings. The van der Waals surface area contributed by atoms with Gasteiger partial charge >= 0.3 is 23.9 Å². The molecule has 6 rings (SSSR count). The van der Waals surface area contributed by atoms with Crippen LogP contribution in [0.5, 0.6) is 0 Å². The Morgan fingerprint density at radius 2 is 1.16 bits per heavy atom. The third-order valence-corrected chi connectivity index (χ3v) is 10.6. The number of carbonyl (C=O) groups excluding carboxylic acids is 5. The molecular formula is C44H39Cl2NO9. The number of hydrogen-bond acceptors (Lipinski definition) is 9. The normalized spacial score (nSPS) is 18.4. The van der Waals surface area contributed by atoms with Crippen LogP contribution in [0.4, 0.5) is 0 Å². The SMILES string of the molecule is COC(=O)C1[C@@H](C(=O)OCc2ccccc2)C(C(=O)N[C@@H](C)[C@@H](Cc2ccc(Cl)c(Cl)c2)OC(=O)c2ccc3ccccc3c2)[C@@H]1C(=O)OCc1ccccc1. The molecule has 0 aliphatic heterocycles. The van der Waals surface area contributed by atoms with Gasteiger partial charge in [0, 0.05) is 6.42 Å². The van der Waals surface area contributed by atoms with Gasteiger partial charge in [0.05, 0.1) is 52.4 Å². The summed E-state index contributed by atoms with van der Waals surface area (Å²) in [6, 6.07) is 34.6. The standard InChI is InChI=1S/C44H39Cl2NO9/c1-26(35(22-29-17-20-33(45)34(46)21-29)56-41(49)32-19-18-30-15-9-10-16-31(30)23-32)47-40(48)36-37(43(51)54-24-27-11-5-3-6-12-27)39(42(50)53-2)38(36)44(52)55-25-28-13-7-4-8-14-28/h3-21,23,26,35-39H,22,24-25H2,1-2H3,(H,47,48)/t26-,35+,36?,37-,38-,39?/m0/s1. The second kappa shape index (κ2) is 18.3. The van der Waals surface area contributed by atoms with E-state index in [1.54, 1.807) is 85.8 Å². The van der Waals surface area contributed by atoms with E-state index in [1.807, 2.05) is 42.5 Å². The average molecular weight is 797 g/mol. The van der Waals surface area contributed by atoms with E-state index in [0.29, 0.717) is 27.3 Å². The van der Waals surface area contributed by atoms with Crippen LogP contribution in [0, 0.1) is 23.7 Å². The molecule has 1 N–H and O–H groups in total. The Morgan fingerprint density at radius 1 is 0.607 bits per heavy atom. The number of methoxy groups -OCH3 is 1. The molecule has 0 saturated heterocycles. The van der Waals surface area contributed by atoms with Crippen LogP contribution >= 0.6 is 23.2 Å². The van der Waals surface area contributed by atoms with Crippen LogP contribution in [0.25, 0.3) is 10.8 Å². The highest BCUT2D eigenvalue weighted by Crippen LogP contribution is 2.49. The molecule has 288 valence electrons. The van der Waals surface area contributed by atoms with Gasteiger partial charge in [-0.2, -0.15) is 0 Å². The molecule has 12 heteroatoms. The minimum atomic E-state index is -1.39. The molecule has 10 nitrogen and oxygen atoms in total. The van der Waals surface area contributed by atoms with E-state index in [2.05, 4.69) is 5.32 Å². The Hall–Kier alpha value is -5.71. The number of amides is 1. The van der Waals surface area contributed by atoms with Crippen molar-refractivity contribution in [3.8, 4) is 0 Å². The van der Waals surface area contributed by atoms with Crippen molar-refractivity contribution < 1.29 is 42.9 Å². The Labute approximate surface area is 334 Å². The number of ether oxygens (including phenoxy) is 4. The van der Waals surface area contributed by atoms with Gasteiger partial charge in [-0.25, -0.2) is 4.79 Å². The monoisotopic (exact) mass is 795 g/mol. The summed E-state index contributed by atoms with van der Waals surface area (Å²) < 4.78 is 22.3. The molecule has 0 spiro atoms. The molecule has 0 heterocycles. The summed E-state index contributed by atoms with van der Waals surface area (Å²) in [5.41, 5.74) is 2.32. The number of rotatable bonds is 14. The van der Waals surface area contributed by atoms with Crippen LogP contribution < -0.4 is 5.32 Å². The number of carbonyl (C=O) groups is 5. The van der Waals surface area contributed by atoms with Gasteiger partial charge in [0.2, 0.25) is 5.91 Å². The predicted octanol–water partition coefficient (Wildman–Crippen LogP) is 7.56. The number of halogens is 2. The van der Waals surface area contributed by atoms with Crippen LogP contribution in [0.3, 0.4) is 0 Å². The summed E-state index contributed by atoms with van der Waals surface area (Å²) in [5, 5.41) is 5.27. The van der Waals surface area contributed by atoms with Crippen LogP contribution in [0.1, 0.15) is 34.0 Å². The van der Waals surface area contributed by atoms with Gasteiger partial charge in [-0.05, 0) is 58.7 Å². The summed E-state index contributed by atoms with van der Waals surface area (Å²) in [7, 11) is 1.13. The number of benzene rings is 5. The van der Waals surface area contributed by atoms with E-state index < -0.39 is 65.6 Å². The fourth-order valence-corrected chi connectivity index (χ4v) is 7.22. The van der Waals surface area contributed by atoms with Gasteiger partial charge < -0.3 is 24.3 Å². The van der Waals surface area contributed by atoms with Crippen molar-refractivity contribution in [2.75, 3.05) is 7.11 Å². The Morgan fingerprint density at radius 3 is 1.73 bits per heavy atom. The molecular weight excluding hydrogens is 757 g/mol. The lowest BCUT2D eigenvalue weighted by Crippen LogP contribution is -2.63. The number of nitrogens with one attached hydrogen (secondary N) is 1. The maximum Gasteiger partial charge on any atom is 0.338 e. The highest BCUT2D eigenvalue weighted by Gasteiger charge is 2.65. The van der Waals surface area contributed by atoms with Crippen molar-refractivity contribution >= 4 is 63.8 Å². The van der Waals surface area contributed by atoms with Crippen LogP contribution in [0.15, 0.2) is 121 Å². The maximum absolute atomic E-state index is 14.4. The summed E-state index contributed by atoms with van der Waals surface area (Å²) in [5.74, 6) is -9.51. The van der Waals surface area contributed by atoms with Gasteiger partial charge in [0.1, 0.15) is 19.3 Å². The van der Waals surface area contributed by atoms with Crippen LogP contribution in [0.2, 0.25) is 10.0 Å². The zero-order chi connectivity index (χ0) is 39.8. The summed E-state index contributed by atoms with van der Waals surface area (Å²) in [6.07, 6.45) is -0.864. The quantitative estimate of drug-likeness (QED) is 0.0893. The first-order valence-corrected chi connectivity index (χ1v) is 18.7. The third-order valence-electron chi connectivity index (χ3n) is 9.91. The van der Waals surface area contributed by atoms with Crippen molar-refractivity contribution in [3.63, 3.8) is 0 Å². The molecule has 5 aromatic carbocycles. The second-order valence-electron chi connectivity index (χ2n) is 13.6. The molecule has 1 saturated carbocycles. The van der Waals surface area contributed by atoms with Crippen molar-refractivity contribution in [3.05, 3.63) is 154 Å². The molecule has 0 aromatic heterocycles. The van der Waals surface area contributed by atoms with E-state index in [4.69, 9.17) is 42.1 Å². The molecule has 1 amide bonds. The zero-order valence-electron chi connectivity index (χ0n) is 30.6. The largest absolute Gasteiger partial charge is 0.469 e. The van der Waals surface area contributed by atoms with E-state index in [-0.39, 0.29) is 24.7 Å². The van der Waals surface area contributed by atoms with Crippen molar-refractivity contribution in [2.45, 2.75) is 38.7 Å². The molecule has 4 atom stereocenters. The van der Waals surface area contributed by atoms with Gasteiger partial charge in [-0.15, -0.1) is 0 Å². The summed E-state index contributed by atoms with van der Waals surface area (Å²) in [6.45, 7) is 1.37. The first-order chi connectivity index (χ1) is 27.0. The minimum Gasteiger partial charge on any atom is -0.469 e. The summed E-state index contributed by atoms with van der Waals surface area (Å²) in [4.78, 5) is 68.7. The number of hydrogen-bond donors (Lipinski definition) is 1. The molecule has 0 unspecified atom stereocenters. The Kier molecular flexibility index (Phi) is 13.0. The van der Waals surface area contributed by atoms with Crippen LogP contribution in [-0.2, 0) is 57.8 Å². The van der Waals surface area contributed by atoms with Gasteiger partial charge in [0.15, 0.2) is 0 Å². The van der Waals surface area contributed by atoms with E-state index >= 15 is 0 Å². The Bertz CT molecular complexity index is 2150. The minimum absolute atomic E-state index is 0.109. The van der Waals surface area contributed by atoms with Crippen molar-refractivity contribution in [1.29, 1.82) is 0 Å². The molecule has 1 aliphatic carbocycles.